The first kappa shape index (κ1) is 17.6. The van der Waals surface area contributed by atoms with Crippen LogP contribution in [0.1, 0.15) is 5.56 Å². The van der Waals surface area contributed by atoms with Crippen LogP contribution in [0.25, 0.3) is 0 Å². The maximum absolute atomic E-state index is 11.5. The molecule has 1 aromatic rings. The van der Waals surface area contributed by atoms with Gasteiger partial charge in [-0.2, -0.15) is 0 Å². The van der Waals surface area contributed by atoms with Crippen molar-refractivity contribution in [3.8, 4) is 0 Å². The number of non-ortho nitro benzene ring substituents is 1. The zero-order valence-electron chi connectivity index (χ0n) is 10.3. The topological polar surface area (TPSA) is 84.3 Å². The van der Waals surface area contributed by atoms with E-state index >= 15 is 0 Å². The van der Waals surface area contributed by atoms with Gasteiger partial charge in [-0.3, -0.25) is 14.9 Å². The molecule has 0 bridgehead atoms. The second-order valence-electron chi connectivity index (χ2n) is 3.66. The fraction of sp³-hybridized carbons (Fsp3) is 0.364. The molecule has 6 nitrogen and oxygen atoms in total. The van der Waals surface area contributed by atoms with Gasteiger partial charge in [0.1, 0.15) is 0 Å². The fourth-order valence-electron chi connectivity index (χ4n) is 1.36. The molecule has 0 aromatic heterocycles. The van der Waals surface area contributed by atoms with Crippen LogP contribution >= 0.6 is 24.0 Å². The third kappa shape index (κ3) is 5.87. The lowest BCUT2D eigenvalue weighted by molar-refractivity contribution is -0.384. The van der Waals surface area contributed by atoms with E-state index in [-0.39, 0.29) is 35.4 Å². The number of halogens is 2. The van der Waals surface area contributed by atoms with Gasteiger partial charge in [0.15, 0.2) is 0 Å². The number of carbonyl (C=O) groups excluding carboxylic acids is 1. The van der Waals surface area contributed by atoms with Gasteiger partial charge in [0.05, 0.1) is 16.4 Å². The van der Waals surface area contributed by atoms with E-state index in [1.165, 1.54) is 18.2 Å². The number of nitro groups is 1. The number of nitrogens with zero attached hydrogens (tertiary/aromatic N) is 1. The molecular weight excluding hydrogens is 293 g/mol. The quantitative estimate of drug-likeness (QED) is 0.474. The molecule has 19 heavy (non-hydrogen) atoms. The van der Waals surface area contributed by atoms with E-state index in [4.69, 9.17) is 11.6 Å². The smallest absolute Gasteiger partial charge is 0.270 e. The van der Waals surface area contributed by atoms with Crippen LogP contribution < -0.4 is 10.6 Å². The van der Waals surface area contributed by atoms with Gasteiger partial charge >= 0.3 is 0 Å². The molecular formula is C11H15Cl2N3O3. The summed E-state index contributed by atoms with van der Waals surface area (Å²) in [4.78, 5) is 21.5. The van der Waals surface area contributed by atoms with Gasteiger partial charge in [-0.05, 0) is 12.6 Å². The monoisotopic (exact) mass is 307 g/mol. The molecule has 0 spiro atoms. The third-order valence-corrected chi connectivity index (χ3v) is 2.65. The van der Waals surface area contributed by atoms with Gasteiger partial charge in [0.2, 0.25) is 5.91 Å². The molecule has 106 valence electrons. The maximum Gasteiger partial charge on any atom is 0.270 e. The molecule has 1 amide bonds. The summed E-state index contributed by atoms with van der Waals surface area (Å²) in [6.07, 6.45) is 0.112. The molecule has 0 aliphatic rings. The predicted octanol–water partition coefficient (Wildman–Crippen LogP) is 1.55. The van der Waals surface area contributed by atoms with E-state index in [2.05, 4.69) is 10.6 Å². The highest BCUT2D eigenvalue weighted by atomic mass is 35.5. The number of amides is 1. The van der Waals surface area contributed by atoms with Crippen LogP contribution in [0.15, 0.2) is 18.2 Å². The molecule has 8 heteroatoms. The molecule has 1 aromatic carbocycles. The Bertz CT molecular complexity index is 455. The summed E-state index contributed by atoms with van der Waals surface area (Å²) in [6, 6.07) is 4.08. The van der Waals surface area contributed by atoms with E-state index in [1.54, 1.807) is 7.05 Å². The lowest BCUT2D eigenvalue weighted by atomic mass is 10.1. The molecule has 0 heterocycles. The number of nitro benzene ring substituents is 1. The SMILES string of the molecule is CNCCNC(=O)Cc1ccc([N+](=O)[O-])cc1Cl.Cl. The van der Waals surface area contributed by atoms with E-state index in [0.717, 1.165) is 0 Å². The van der Waals surface area contributed by atoms with Gasteiger partial charge in [-0.15, -0.1) is 12.4 Å². The molecule has 1 rings (SSSR count). The van der Waals surface area contributed by atoms with Gasteiger partial charge < -0.3 is 10.6 Å². The van der Waals surface area contributed by atoms with E-state index in [0.29, 0.717) is 18.7 Å². The van der Waals surface area contributed by atoms with Crippen molar-refractivity contribution in [1.82, 2.24) is 10.6 Å². The van der Waals surface area contributed by atoms with Gasteiger partial charge in [0.25, 0.3) is 5.69 Å². The number of likely N-dealkylation sites (N-methyl/N-ethyl adjacent to an activating group) is 1. The highest BCUT2D eigenvalue weighted by Crippen LogP contribution is 2.22. The average molecular weight is 308 g/mol. The molecule has 0 saturated carbocycles. The Morgan fingerprint density at radius 1 is 1.42 bits per heavy atom. The maximum atomic E-state index is 11.5. The number of nitrogens with one attached hydrogen (secondary N) is 2. The lowest BCUT2D eigenvalue weighted by Crippen LogP contribution is -2.31. The van der Waals surface area contributed by atoms with Crippen LogP contribution in [0, 0.1) is 10.1 Å². The summed E-state index contributed by atoms with van der Waals surface area (Å²) in [7, 11) is 1.79. The largest absolute Gasteiger partial charge is 0.355 e. The summed E-state index contributed by atoms with van der Waals surface area (Å²) in [6.45, 7) is 1.21. The number of hydrogen-bond acceptors (Lipinski definition) is 4. The first-order chi connectivity index (χ1) is 8.54. The second-order valence-corrected chi connectivity index (χ2v) is 4.07. The number of benzene rings is 1. The highest BCUT2D eigenvalue weighted by Gasteiger charge is 2.11. The normalized spacial score (nSPS) is 9.58. The number of hydrogen-bond donors (Lipinski definition) is 2. The molecule has 0 unspecified atom stereocenters. The zero-order chi connectivity index (χ0) is 13.5. The summed E-state index contributed by atoms with van der Waals surface area (Å²) in [5.74, 6) is -0.166. The van der Waals surface area contributed by atoms with Crippen LogP contribution in [-0.4, -0.2) is 31.0 Å². The molecule has 0 fully saturated rings. The molecule has 0 atom stereocenters. The first-order valence-electron chi connectivity index (χ1n) is 5.38. The highest BCUT2D eigenvalue weighted by molar-refractivity contribution is 6.31. The van der Waals surface area contributed by atoms with Crippen molar-refractivity contribution in [1.29, 1.82) is 0 Å². The standard InChI is InChI=1S/C11H14ClN3O3.ClH/c1-13-4-5-14-11(16)6-8-2-3-9(15(17)18)7-10(8)12;/h2-3,7,13H,4-6H2,1H3,(H,14,16);1H. The fourth-order valence-corrected chi connectivity index (χ4v) is 1.60. The Balaban J connectivity index is 0.00000324. The minimum Gasteiger partial charge on any atom is -0.355 e. The van der Waals surface area contributed by atoms with Crippen molar-refractivity contribution in [3.63, 3.8) is 0 Å². The summed E-state index contributed by atoms with van der Waals surface area (Å²) >= 11 is 5.88. The summed E-state index contributed by atoms with van der Waals surface area (Å²) in [5.41, 5.74) is 0.489. The lowest BCUT2D eigenvalue weighted by Gasteiger charge is -2.06. The number of carbonyl (C=O) groups is 1. The first-order valence-corrected chi connectivity index (χ1v) is 5.76. The van der Waals surface area contributed by atoms with Gasteiger partial charge in [-0.1, -0.05) is 17.7 Å². The summed E-state index contributed by atoms with van der Waals surface area (Å²) in [5, 5.41) is 16.4. The van der Waals surface area contributed by atoms with Crippen LogP contribution in [0.5, 0.6) is 0 Å². The molecule has 0 aliphatic heterocycles. The van der Waals surface area contributed by atoms with Crippen LogP contribution in [0.2, 0.25) is 5.02 Å². The van der Waals surface area contributed by atoms with E-state index in [1.807, 2.05) is 0 Å². The van der Waals surface area contributed by atoms with Gasteiger partial charge in [-0.25, -0.2) is 0 Å². The molecule has 0 aliphatic carbocycles. The molecule has 2 N–H and O–H groups in total. The van der Waals surface area contributed by atoms with Crippen molar-refractivity contribution in [2.24, 2.45) is 0 Å². The Morgan fingerprint density at radius 2 is 2.11 bits per heavy atom. The van der Waals surface area contributed by atoms with E-state index < -0.39 is 4.92 Å². The average Bonchev–Trinajstić information content (AvgIpc) is 2.32. The van der Waals surface area contributed by atoms with Crippen molar-refractivity contribution in [2.75, 3.05) is 20.1 Å². The number of rotatable bonds is 6. The van der Waals surface area contributed by atoms with Gasteiger partial charge in [0, 0.05) is 25.2 Å². The second kappa shape index (κ2) is 8.68. The van der Waals surface area contributed by atoms with Crippen LogP contribution in [0.3, 0.4) is 0 Å². The van der Waals surface area contributed by atoms with Crippen LogP contribution in [0.4, 0.5) is 5.69 Å². The Morgan fingerprint density at radius 3 is 2.63 bits per heavy atom. The third-order valence-electron chi connectivity index (χ3n) is 2.30. The van der Waals surface area contributed by atoms with Crippen molar-refractivity contribution < 1.29 is 9.72 Å². The molecule has 0 radical (unpaired) electrons. The zero-order valence-corrected chi connectivity index (χ0v) is 11.9. The Kier molecular flexibility index (Phi) is 8.06. The van der Waals surface area contributed by atoms with Crippen molar-refractivity contribution >= 4 is 35.6 Å². The Hall–Kier alpha value is -1.37. The minimum atomic E-state index is -0.525. The molecule has 0 saturated heterocycles. The predicted molar refractivity (Wildman–Crippen MR) is 76.0 cm³/mol. The summed E-state index contributed by atoms with van der Waals surface area (Å²) < 4.78 is 0. The Labute approximate surface area is 122 Å². The van der Waals surface area contributed by atoms with Crippen molar-refractivity contribution in [2.45, 2.75) is 6.42 Å². The van der Waals surface area contributed by atoms with E-state index in [9.17, 15) is 14.9 Å². The van der Waals surface area contributed by atoms with Crippen molar-refractivity contribution in [3.05, 3.63) is 38.9 Å². The van der Waals surface area contributed by atoms with Crippen LogP contribution in [-0.2, 0) is 11.2 Å². The minimum absolute atomic E-state index is 0.